The number of hydrogen-bond acceptors (Lipinski definition) is 5. The summed E-state index contributed by atoms with van der Waals surface area (Å²) in [4.78, 5) is 53.9. The minimum atomic E-state index is -1.13. The molecule has 1 aromatic rings. The smallest absolute Gasteiger partial charge is 0.327 e. The average molecular weight is 430 g/mol. The summed E-state index contributed by atoms with van der Waals surface area (Å²) in [5.74, 6) is -1.51. The molecule has 1 saturated heterocycles. The van der Waals surface area contributed by atoms with Crippen LogP contribution in [0.4, 0.5) is 4.79 Å². The minimum Gasteiger partial charge on any atom is -0.446 e. The van der Waals surface area contributed by atoms with Crippen LogP contribution in [0.5, 0.6) is 0 Å². The van der Waals surface area contributed by atoms with Crippen molar-refractivity contribution in [3.8, 4) is 0 Å². The molecule has 1 spiro atoms. The summed E-state index contributed by atoms with van der Waals surface area (Å²) >= 11 is 0. The maximum atomic E-state index is 13.1. The molecule has 0 bridgehead atoms. The molecule has 1 aliphatic carbocycles. The highest BCUT2D eigenvalue weighted by Gasteiger charge is 2.55. The Morgan fingerprint density at radius 2 is 1.87 bits per heavy atom. The van der Waals surface area contributed by atoms with Crippen molar-refractivity contribution in [2.75, 3.05) is 19.6 Å². The van der Waals surface area contributed by atoms with E-state index in [0.29, 0.717) is 25.1 Å². The van der Waals surface area contributed by atoms with E-state index < -0.39 is 30.2 Å². The predicted octanol–water partition coefficient (Wildman–Crippen LogP) is 2.64. The van der Waals surface area contributed by atoms with Crippen LogP contribution in [0.1, 0.15) is 58.1 Å². The van der Waals surface area contributed by atoms with Gasteiger partial charge in [0.15, 0.2) is 0 Å². The summed E-state index contributed by atoms with van der Waals surface area (Å²) in [5.41, 5.74) is -0.395. The van der Waals surface area contributed by atoms with Gasteiger partial charge in [-0.05, 0) is 32.6 Å². The number of likely N-dealkylation sites (N-methyl/N-ethyl adjacent to an activating group) is 1. The third kappa shape index (κ3) is 4.43. The zero-order chi connectivity index (χ0) is 22.6. The number of carbonyl (C=O) groups excluding carboxylic acids is 4. The zero-order valence-electron chi connectivity index (χ0n) is 18.4. The van der Waals surface area contributed by atoms with Crippen LogP contribution in [0, 0.1) is 5.92 Å². The summed E-state index contributed by atoms with van der Waals surface area (Å²) in [6.45, 7) is 6.08. The highest BCUT2D eigenvalue weighted by Crippen LogP contribution is 2.38. The van der Waals surface area contributed by atoms with Crippen molar-refractivity contribution in [3.63, 3.8) is 0 Å². The number of nitrogens with one attached hydrogen (secondary N) is 1. The van der Waals surface area contributed by atoms with Crippen LogP contribution in [-0.2, 0) is 19.1 Å². The van der Waals surface area contributed by atoms with Crippen LogP contribution in [0.25, 0.3) is 0 Å². The van der Waals surface area contributed by atoms with Gasteiger partial charge < -0.3 is 15.0 Å². The molecule has 2 fully saturated rings. The lowest BCUT2D eigenvalue weighted by atomic mass is 9.73. The SMILES string of the molecule is CCN(CC)C(=O)[C@H](OC(=O)CN1C(=O)N[C@]2(CCCC[C@@H]2C)C1=O)c1ccccc1. The first-order chi connectivity index (χ1) is 14.8. The van der Waals surface area contributed by atoms with Crippen LogP contribution in [0.2, 0.25) is 0 Å². The lowest BCUT2D eigenvalue weighted by molar-refractivity contribution is -0.162. The van der Waals surface area contributed by atoms with Crippen LogP contribution in [-0.4, -0.2) is 58.8 Å². The second kappa shape index (κ2) is 9.49. The van der Waals surface area contributed by atoms with Gasteiger partial charge in [-0.15, -0.1) is 0 Å². The molecule has 0 aromatic heterocycles. The molecule has 1 heterocycles. The van der Waals surface area contributed by atoms with Crippen molar-refractivity contribution in [2.45, 2.75) is 58.1 Å². The van der Waals surface area contributed by atoms with Gasteiger partial charge in [0.25, 0.3) is 11.8 Å². The Morgan fingerprint density at radius 1 is 1.19 bits per heavy atom. The number of urea groups is 1. The van der Waals surface area contributed by atoms with E-state index in [9.17, 15) is 19.2 Å². The monoisotopic (exact) mass is 429 g/mol. The molecule has 1 aromatic carbocycles. The Balaban J connectivity index is 1.76. The quantitative estimate of drug-likeness (QED) is 0.531. The van der Waals surface area contributed by atoms with Gasteiger partial charge in [-0.25, -0.2) is 4.79 Å². The third-order valence-electron chi connectivity index (χ3n) is 6.44. The van der Waals surface area contributed by atoms with E-state index in [2.05, 4.69) is 5.32 Å². The number of ether oxygens (including phenoxy) is 1. The molecule has 3 atom stereocenters. The van der Waals surface area contributed by atoms with Gasteiger partial charge in [0.1, 0.15) is 12.1 Å². The predicted molar refractivity (Wildman–Crippen MR) is 114 cm³/mol. The Kier molecular flexibility index (Phi) is 6.97. The molecule has 0 radical (unpaired) electrons. The van der Waals surface area contributed by atoms with Gasteiger partial charge in [-0.3, -0.25) is 19.3 Å². The molecule has 31 heavy (non-hydrogen) atoms. The van der Waals surface area contributed by atoms with Gasteiger partial charge in [0.05, 0.1) is 0 Å². The van der Waals surface area contributed by atoms with Gasteiger partial charge in [0, 0.05) is 18.7 Å². The molecular formula is C23H31N3O5. The summed E-state index contributed by atoms with van der Waals surface area (Å²) in [6.07, 6.45) is 2.15. The maximum Gasteiger partial charge on any atom is 0.327 e. The summed E-state index contributed by atoms with van der Waals surface area (Å²) in [6, 6.07) is 8.18. The first-order valence-electron chi connectivity index (χ1n) is 11.0. The Bertz CT molecular complexity index is 839. The largest absolute Gasteiger partial charge is 0.446 e. The van der Waals surface area contributed by atoms with E-state index >= 15 is 0 Å². The van der Waals surface area contributed by atoms with Crippen molar-refractivity contribution in [1.82, 2.24) is 15.1 Å². The fraction of sp³-hybridized carbons (Fsp3) is 0.565. The highest BCUT2D eigenvalue weighted by molar-refractivity contribution is 6.09. The van der Waals surface area contributed by atoms with E-state index in [1.165, 1.54) is 0 Å². The Morgan fingerprint density at radius 3 is 2.48 bits per heavy atom. The first kappa shape index (κ1) is 22.8. The fourth-order valence-electron chi connectivity index (χ4n) is 4.53. The number of benzene rings is 1. The zero-order valence-corrected chi connectivity index (χ0v) is 18.4. The number of carbonyl (C=O) groups is 4. The molecule has 1 aliphatic heterocycles. The molecular weight excluding hydrogens is 398 g/mol. The van der Waals surface area contributed by atoms with E-state index in [-0.39, 0.29) is 17.7 Å². The fourth-order valence-corrected chi connectivity index (χ4v) is 4.53. The Hall–Kier alpha value is -2.90. The van der Waals surface area contributed by atoms with Gasteiger partial charge >= 0.3 is 12.0 Å². The number of nitrogens with zero attached hydrogens (tertiary/aromatic N) is 2. The van der Waals surface area contributed by atoms with Crippen LogP contribution < -0.4 is 5.32 Å². The van der Waals surface area contributed by atoms with E-state index in [4.69, 9.17) is 4.74 Å². The lowest BCUT2D eigenvalue weighted by Gasteiger charge is -2.36. The second-order valence-electron chi connectivity index (χ2n) is 8.23. The average Bonchev–Trinajstić information content (AvgIpc) is 3.00. The van der Waals surface area contributed by atoms with Crippen molar-refractivity contribution < 1.29 is 23.9 Å². The topological polar surface area (TPSA) is 96.0 Å². The number of hydrogen-bond donors (Lipinski definition) is 1. The molecule has 8 heteroatoms. The summed E-state index contributed by atoms with van der Waals surface area (Å²) in [7, 11) is 0. The van der Waals surface area contributed by atoms with Gasteiger partial charge in [-0.1, -0.05) is 50.1 Å². The highest BCUT2D eigenvalue weighted by atomic mass is 16.5. The standard InChI is InChI=1S/C23H31N3O5/c1-4-25(5-2)20(28)19(17-12-7-6-8-13-17)31-18(27)15-26-21(29)23(24-22(26)30)14-10-9-11-16(23)3/h6-8,12-13,16,19H,4-5,9-11,14-15H2,1-3H3,(H,24,30)/t16-,19+,23-/m0/s1. The summed E-state index contributed by atoms with van der Waals surface area (Å²) < 4.78 is 5.54. The first-order valence-corrected chi connectivity index (χ1v) is 11.0. The van der Waals surface area contributed by atoms with E-state index in [0.717, 1.165) is 24.2 Å². The minimum absolute atomic E-state index is 0.0000296. The Labute approximate surface area is 182 Å². The summed E-state index contributed by atoms with van der Waals surface area (Å²) in [5, 5.41) is 2.82. The number of amides is 4. The maximum absolute atomic E-state index is 13.1. The number of imide groups is 1. The molecule has 8 nitrogen and oxygen atoms in total. The molecule has 2 aliphatic rings. The second-order valence-corrected chi connectivity index (χ2v) is 8.23. The molecule has 3 rings (SSSR count). The van der Waals surface area contributed by atoms with E-state index in [1.54, 1.807) is 29.2 Å². The van der Waals surface area contributed by atoms with Crippen molar-refractivity contribution in [2.24, 2.45) is 5.92 Å². The lowest BCUT2D eigenvalue weighted by Crippen LogP contribution is -2.54. The van der Waals surface area contributed by atoms with Crippen LogP contribution >= 0.6 is 0 Å². The third-order valence-corrected chi connectivity index (χ3v) is 6.44. The van der Waals surface area contributed by atoms with E-state index in [1.807, 2.05) is 26.8 Å². The van der Waals surface area contributed by atoms with Crippen LogP contribution in [0.3, 0.4) is 0 Å². The molecule has 1 saturated carbocycles. The normalized spacial score (nSPS) is 24.1. The van der Waals surface area contributed by atoms with Crippen LogP contribution in [0.15, 0.2) is 30.3 Å². The van der Waals surface area contributed by atoms with Crippen molar-refractivity contribution in [3.05, 3.63) is 35.9 Å². The van der Waals surface area contributed by atoms with Crippen molar-refractivity contribution >= 4 is 23.8 Å². The van der Waals surface area contributed by atoms with Crippen molar-refractivity contribution in [1.29, 1.82) is 0 Å². The number of rotatable bonds is 7. The molecule has 0 unspecified atom stereocenters. The number of esters is 1. The van der Waals surface area contributed by atoms with Gasteiger partial charge in [0.2, 0.25) is 6.10 Å². The molecule has 168 valence electrons. The van der Waals surface area contributed by atoms with Gasteiger partial charge in [-0.2, -0.15) is 0 Å². The molecule has 1 N–H and O–H groups in total. The molecule has 4 amide bonds.